The minimum atomic E-state index is -0.487. The summed E-state index contributed by atoms with van der Waals surface area (Å²) < 4.78 is 4.91. The summed E-state index contributed by atoms with van der Waals surface area (Å²) in [7, 11) is 1.44. The molecule has 0 aromatic heterocycles. The third-order valence-electron chi connectivity index (χ3n) is 1.91. The summed E-state index contributed by atoms with van der Waals surface area (Å²) in [4.78, 5) is 13.8. The first-order valence-corrected chi connectivity index (χ1v) is 4.08. The Kier molecular flexibility index (Phi) is 3.17. The Bertz CT molecular complexity index is 427. The summed E-state index contributed by atoms with van der Waals surface area (Å²) in [5.74, 6) is 0.320. The normalized spacial score (nSPS) is 9.40. The van der Waals surface area contributed by atoms with Gasteiger partial charge < -0.3 is 4.74 Å². The molecule has 1 aromatic rings. The van der Waals surface area contributed by atoms with E-state index in [1.54, 1.807) is 0 Å². The zero-order valence-electron chi connectivity index (χ0n) is 8.27. The highest BCUT2D eigenvalue weighted by Crippen LogP contribution is 2.29. The SMILES string of the molecule is C=Nc1ccc([N+](=O)[O-])cc1C(=C)OC. The van der Waals surface area contributed by atoms with Gasteiger partial charge in [0.15, 0.2) is 0 Å². The van der Waals surface area contributed by atoms with Gasteiger partial charge in [-0.15, -0.1) is 0 Å². The average Bonchev–Trinajstić information content (AvgIpc) is 2.27. The van der Waals surface area contributed by atoms with Crippen LogP contribution in [-0.2, 0) is 4.74 Å². The van der Waals surface area contributed by atoms with Crippen LogP contribution < -0.4 is 0 Å². The van der Waals surface area contributed by atoms with Gasteiger partial charge in [-0.3, -0.25) is 15.1 Å². The quantitative estimate of drug-likeness (QED) is 0.329. The number of rotatable bonds is 4. The van der Waals surface area contributed by atoms with E-state index in [9.17, 15) is 10.1 Å². The Hall–Kier alpha value is -2.17. The second-order valence-electron chi connectivity index (χ2n) is 2.74. The van der Waals surface area contributed by atoms with Gasteiger partial charge in [-0.1, -0.05) is 6.58 Å². The van der Waals surface area contributed by atoms with Crippen LogP contribution in [0, 0.1) is 10.1 Å². The van der Waals surface area contributed by atoms with Crippen molar-refractivity contribution < 1.29 is 9.66 Å². The maximum absolute atomic E-state index is 10.6. The highest BCUT2D eigenvalue weighted by atomic mass is 16.6. The van der Waals surface area contributed by atoms with E-state index >= 15 is 0 Å². The number of benzene rings is 1. The van der Waals surface area contributed by atoms with Gasteiger partial charge in [-0.25, -0.2) is 0 Å². The average molecular weight is 206 g/mol. The maximum atomic E-state index is 10.6. The van der Waals surface area contributed by atoms with Gasteiger partial charge in [0.25, 0.3) is 5.69 Å². The molecule has 1 rings (SSSR count). The van der Waals surface area contributed by atoms with Gasteiger partial charge in [-0.2, -0.15) is 0 Å². The molecule has 0 saturated carbocycles. The molecule has 0 saturated heterocycles. The van der Waals surface area contributed by atoms with E-state index < -0.39 is 4.92 Å². The number of ether oxygens (including phenoxy) is 1. The summed E-state index contributed by atoms with van der Waals surface area (Å²) in [6.07, 6.45) is 0. The molecule has 0 aliphatic carbocycles. The molecule has 0 N–H and O–H groups in total. The fraction of sp³-hybridized carbons (Fsp3) is 0.100. The first-order valence-electron chi connectivity index (χ1n) is 4.08. The molecule has 78 valence electrons. The summed E-state index contributed by atoms with van der Waals surface area (Å²) in [6, 6.07) is 4.22. The molecule has 0 heterocycles. The van der Waals surface area contributed by atoms with Gasteiger partial charge >= 0.3 is 0 Å². The molecule has 0 fully saturated rings. The van der Waals surface area contributed by atoms with Crippen molar-refractivity contribution in [3.63, 3.8) is 0 Å². The van der Waals surface area contributed by atoms with Crippen molar-refractivity contribution in [3.05, 3.63) is 40.5 Å². The van der Waals surface area contributed by atoms with Crippen molar-refractivity contribution >= 4 is 23.9 Å². The molecule has 0 amide bonds. The zero-order chi connectivity index (χ0) is 11.4. The molecule has 0 bridgehead atoms. The third-order valence-corrected chi connectivity index (χ3v) is 1.91. The Morgan fingerprint density at radius 3 is 2.73 bits per heavy atom. The number of aliphatic imine (C=N–C) groups is 1. The molecule has 0 atom stereocenters. The van der Waals surface area contributed by atoms with Crippen molar-refractivity contribution in [2.45, 2.75) is 0 Å². The van der Waals surface area contributed by atoms with Crippen LogP contribution in [-0.4, -0.2) is 18.8 Å². The van der Waals surface area contributed by atoms with Crippen molar-refractivity contribution in [2.75, 3.05) is 7.11 Å². The molecule has 5 heteroatoms. The first-order chi connectivity index (χ1) is 7.10. The van der Waals surface area contributed by atoms with Crippen LogP contribution in [0.1, 0.15) is 5.56 Å². The maximum Gasteiger partial charge on any atom is 0.270 e. The molecule has 0 aliphatic rings. The monoisotopic (exact) mass is 206 g/mol. The van der Waals surface area contributed by atoms with E-state index in [4.69, 9.17) is 4.74 Å². The smallest absolute Gasteiger partial charge is 0.270 e. The fourth-order valence-electron chi connectivity index (χ4n) is 1.11. The first kappa shape index (κ1) is 10.9. The Balaban J connectivity index is 3.31. The van der Waals surface area contributed by atoms with Crippen LogP contribution in [0.2, 0.25) is 0 Å². The number of nitro groups is 1. The second-order valence-corrected chi connectivity index (χ2v) is 2.74. The topological polar surface area (TPSA) is 64.7 Å². The predicted octanol–water partition coefficient (Wildman–Crippen LogP) is 2.54. The lowest BCUT2D eigenvalue weighted by atomic mass is 10.1. The number of methoxy groups -OCH3 is 1. The lowest BCUT2D eigenvalue weighted by Crippen LogP contribution is -1.91. The van der Waals surface area contributed by atoms with Crippen LogP contribution >= 0.6 is 0 Å². The Morgan fingerprint density at radius 2 is 2.27 bits per heavy atom. The lowest BCUT2D eigenvalue weighted by Gasteiger charge is -2.06. The molecular formula is C10H10N2O3. The second kappa shape index (κ2) is 4.36. The molecule has 0 aliphatic heterocycles. The fourth-order valence-corrected chi connectivity index (χ4v) is 1.11. The van der Waals surface area contributed by atoms with E-state index in [1.807, 2.05) is 0 Å². The van der Waals surface area contributed by atoms with Gasteiger partial charge in [0, 0.05) is 17.7 Å². The lowest BCUT2D eigenvalue weighted by molar-refractivity contribution is -0.384. The predicted molar refractivity (Wildman–Crippen MR) is 58.3 cm³/mol. The summed E-state index contributed by atoms with van der Waals surface area (Å²) in [5.41, 5.74) is 0.949. The van der Waals surface area contributed by atoms with Gasteiger partial charge in [-0.05, 0) is 12.8 Å². The molecule has 15 heavy (non-hydrogen) atoms. The van der Waals surface area contributed by atoms with Crippen LogP contribution in [0.25, 0.3) is 5.76 Å². The number of nitro benzene ring substituents is 1. The minimum absolute atomic E-state index is 0.0319. The van der Waals surface area contributed by atoms with Gasteiger partial charge in [0.2, 0.25) is 0 Å². The van der Waals surface area contributed by atoms with E-state index in [0.29, 0.717) is 17.0 Å². The standard InChI is InChI=1S/C10H10N2O3/c1-7(15-3)9-6-8(12(13)14)4-5-10(9)11-2/h4-6H,1-2H2,3H3. The Morgan fingerprint density at radius 1 is 1.60 bits per heavy atom. The van der Waals surface area contributed by atoms with Crippen molar-refractivity contribution in [2.24, 2.45) is 4.99 Å². The van der Waals surface area contributed by atoms with Gasteiger partial charge in [0.05, 0.1) is 17.7 Å². The molecule has 0 unspecified atom stereocenters. The molecule has 1 aromatic carbocycles. The summed E-state index contributed by atoms with van der Waals surface area (Å²) in [5, 5.41) is 10.6. The van der Waals surface area contributed by atoms with Crippen LogP contribution in [0.5, 0.6) is 0 Å². The Labute approximate surface area is 86.9 Å². The van der Waals surface area contributed by atoms with E-state index in [1.165, 1.54) is 25.3 Å². The van der Waals surface area contributed by atoms with Crippen molar-refractivity contribution in [3.8, 4) is 0 Å². The highest BCUT2D eigenvalue weighted by Gasteiger charge is 2.12. The molecule has 0 radical (unpaired) electrons. The minimum Gasteiger partial charge on any atom is -0.497 e. The molecule has 5 nitrogen and oxygen atoms in total. The summed E-state index contributed by atoms with van der Waals surface area (Å²) in [6.45, 7) is 6.99. The van der Waals surface area contributed by atoms with Crippen LogP contribution in [0.3, 0.4) is 0 Å². The van der Waals surface area contributed by atoms with Crippen LogP contribution in [0.15, 0.2) is 29.8 Å². The molecule has 0 spiro atoms. The number of hydrogen-bond donors (Lipinski definition) is 0. The largest absolute Gasteiger partial charge is 0.497 e. The van der Waals surface area contributed by atoms with Crippen LogP contribution in [0.4, 0.5) is 11.4 Å². The molecular weight excluding hydrogens is 196 g/mol. The number of non-ortho nitro benzene ring substituents is 1. The van der Waals surface area contributed by atoms with Gasteiger partial charge in [0.1, 0.15) is 5.76 Å². The number of hydrogen-bond acceptors (Lipinski definition) is 4. The third kappa shape index (κ3) is 2.19. The van der Waals surface area contributed by atoms with E-state index in [2.05, 4.69) is 18.3 Å². The van der Waals surface area contributed by atoms with Crippen molar-refractivity contribution in [1.29, 1.82) is 0 Å². The van der Waals surface area contributed by atoms with E-state index in [0.717, 1.165) is 0 Å². The number of nitrogens with zero attached hydrogens (tertiary/aromatic N) is 2. The highest BCUT2D eigenvalue weighted by molar-refractivity contribution is 5.72. The zero-order valence-corrected chi connectivity index (χ0v) is 8.27. The van der Waals surface area contributed by atoms with Crippen molar-refractivity contribution in [1.82, 2.24) is 0 Å². The van der Waals surface area contributed by atoms with E-state index in [-0.39, 0.29) is 5.69 Å². The summed E-state index contributed by atoms with van der Waals surface area (Å²) >= 11 is 0.